The second-order valence-electron chi connectivity index (χ2n) is 23.6. The molecule has 4 rings (SSSR count). The van der Waals surface area contributed by atoms with E-state index in [0.29, 0.717) is 23.7 Å². The van der Waals surface area contributed by atoms with Crippen molar-refractivity contribution in [3.05, 3.63) is 36.0 Å². The summed E-state index contributed by atoms with van der Waals surface area (Å²) in [5.74, 6) is 4.13. The molecule has 0 radical (unpaired) electrons. The molecular formula is C63H114O5. The number of hydrogen-bond acceptors (Lipinski definition) is 3. The van der Waals surface area contributed by atoms with Gasteiger partial charge in [0, 0.05) is 12.8 Å². The number of carboxylic acids is 2. The van der Waals surface area contributed by atoms with Crippen LogP contribution in [0.1, 0.15) is 299 Å². The van der Waals surface area contributed by atoms with Gasteiger partial charge in [-0.1, -0.05) is 206 Å². The Hall–Kier alpha value is -1.88. The second kappa shape index (κ2) is 37.8. The van der Waals surface area contributed by atoms with Crippen molar-refractivity contribution in [1.29, 1.82) is 0 Å². The van der Waals surface area contributed by atoms with Crippen LogP contribution in [0.15, 0.2) is 36.0 Å². The molecule has 68 heavy (non-hydrogen) atoms. The van der Waals surface area contributed by atoms with Crippen molar-refractivity contribution in [2.45, 2.75) is 305 Å². The maximum Gasteiger partial charge on any atom is 0.303 e. The number of aliphatic hydroxyl groups excluding tert-OH is 1. The monoisotopic (exact) mass is 951 g/mol. The molecule has 3 saturated carbocycles. The highest BCUT2D eigenvalue weighted by Gasteiger charge is 2.59. The van der Waals surface area contributed by atoms with Crippen LogP contribution < -0.4 is 0 Å². The molecule has 0 aromatic rings. The third-order valence-corrected chi connectivity index (χ3v) is 17.6. The van der Waals surface area contributed by atoms with Crippen LogP contribution in [0.3, 0.4) is 0 Å². The number of unbranched alkanes of at least 4 members (excludes halogenated alkanes) is 22. The van der Waals surface area contributed by atoms with Crippen LogP contribution >= 0.6 is 0 Å². The van der Waals surface area contributed by atoms with Gasteiger partial charge < -0.3 is 15.3 Å². The maximum absolute atomic E-state index is 10.3. The lowest BCUT2D eigenvalue weighted by molar-refractivity contribution is -0.138. The number of carbonyl (C=O) groups is 2. The molecule has 4 aliphatic rings. The normalized spacial score (nSPS) is 25.8. The Morgan fingerprint density at radius 2 is 1.03 bits per heavy atom. The van der Waals surface area contributed by atoms with Gasteiger partial charge in [-0.15, -0.1) is 0 Å². The quantitative estimate of drug-likeness (QED) is 0.0435. The summed E-state index contributed by atoms with van der Waals surface area (Å²) in [6.45, 7) is 17.1. The zero-order valence-electron chi connectivity index (χ0n) is 46.2. The summed E-state index contributed by atoms with van der Waals surface area (Å²) in [5, 5.41) is 27.2. The highest BCUT2D eigenvalue weighted by atomic mass is 16.4. The molecule has 5 nitrogen and oxygen atoms in total. The maximum atomic E-state index is 10.3. The lowest BCUT2D eigenvalue weighted by Crippen LogP contribution is -2.50. The van der Waals surface area contributed by atoms with E-state index in [9.17, 15) is 14.7 Å². The molecule has 3 fully saturated rings. The second-order valence-corrected chi connectivity index (χ2v) is 23.6. The zero-order valence-corrected chi connectivity index (χ0v) is 46.2. The average molecular weight is 952 g/mol. The van der Waals surface area contributed by atoms with Crippen LogP contribution in [0, 0.1) is 46.3 Å². The predicted octanol–water partition coefficient (Wildman–Crippen LogP) is 19.6. The number of carboxylic acid groups (broad SMARTS) is 2. The van der Waals surface area contributed by atoms with E-state index >= 15 is 0 Å². The number of fused-ring (bicyclic) bond motifs is 5. The highest BCUT2D eigenvalue weighted by Crippen LogP contribution is 2.67. The summed E-state index contributed by atoms with van der Waals surface area (Å²) < 4.78 is 0. The van der Waals surface area contributed by atoms with E-state index in [1.54, 1.807) is 5.57 Å². The summed E-state index contributed by atoms with van der Waals surface area (Å²) >= 11 is 0. The van der Waals surface area contributed by atoms with Crippen LogP contribution in [0.25, 0.3) is 0 Å². The van der Waals surface area contributed by atoms with Crippen molar-refractivity contribution < 1.29 is 24.9 Å². The lowest BCUT2D eigenvalue weighted by atomic mass is 9.47. The first-order valence-corrected chi connectivity index (χ1v) is 29.9. The molecule has 0 aromatic carbocycles. The molecule has 8 atom stereocenters. The van der Waals surface area contributed by atoms with E-state index in [0.717, 1.165) is 74.0 Å². The first-order valence-electron chi connectivity index (χ1n) is 29.9. The fourth-order valence-corrected chi connectivity index (χ4v) is 13.4. The van der Waals surface area contributed by atoms with Gasteiger partial charge in [-0.05, 0) is 162 Å². The lowest BCUT2D eigenvalue weighted by Gasteiger charge is -2.58. The molecule has 4 aliphatic carbocycles. The van der Waals surface area contributed by atoms with Crippen LogP contribution in [0.2, 0.25) is 0 Å². The molecule has 396 valence electrons. The first kappa shape index (κ1) is 62.2. The molecule has 0 saturated heterocycles. The smallest absolute Gasteiger partial charge is 0.303 e. The van der Waals surface area contributed by atoms with E-state index in [4.69, 9.17) is 10.2 Å². The van der Waals surface area contributed by atoms with Crippen molar-refractivity contribution in [3.63, 3.8) is 0 Å². The molecule has 0 aromatic heterocycles. The van der Waals surface area contributed by atoms with Crippen LogP contribution in [-0.4, -0.2) is 33.4 Å². The largest absolute Gasteiger partial charge is 0.481 e. The van der Waals surface area contributed by atoms with Crippen molar-refractivity contribution in [2.75, 3.05) is 0 Å². The standard InChI is InChI=1S/C27H46O.2C18H34O2/c1-18(2)7-6-8-19(3)23-11-12-24-22-10-9-20-17-21(28)13-15-26(20,4)25(22)14-16-27(23,24)5;2*1-2-3-4-5-6-7-8-9-10-11-12-13-14-15-16-17-18(19)20/h9,18-19,21-25,28H,6-8,10-17H2,1-5H3;2*9-10H,2-8,11-17H2,1H3,(H,19,20)/b;2*10-9-/t19-,21+,22+,23-,24+,25+,26+,27-;;/m1../s1. The topological polar surface area (TPSA) is 94.8 Å². The van der Waals surface area contributed by atoms with Gasteiger partial charge in [-0.2, -0.15) is 0 Å². The molecule has 0 spiro atoms. The Bertz CT molecular complexity index is 1310. The number of hydrogen-bond donors (Lipinski definition) is 3. The first-order chi connectivity index (χ1) is 32.8. The number of allylic oxidation sites excluding steroid dienone is 5. The summed E-state index contributed by atoms with van der Waals surface area (Å²) in [6, 6.07) is 0. The molecular weight excluding hydrogens is 837 g/mol. The van der Waals surface area contributed by atoms with Gasteiger partial charge in [0.25, 0.3) is 0 Å². The van der Waals surface area contributed by atoms with E-state index < -0.39 is 11.9 Å². The molecule has 0 bridgehead atoms. The van der Waals surface area contributed by atoms with Gasteiger partial charge >= 0.3 is 11.9 Å². The van der Waals surface area contributed by atoms with E-state index in [2.05, 4.69) is 78.8 Å². The van der Waals surface area contributed by atoms with Crippen molar-refractivity contribution in [3.8, 4) is 0 Å². The molecule has 0 aliphatic heterocycles. The predicted molar refractivity (Wildman–Crippen MR) is 293 cm³/mol. The van der Waals surface area contributed by atoms with Gasteiger partial charge in [0.05, 0.1) is 6.10 Å². The molecule has 0 unspecified atom stereocenters. The zero-order chi connectivity index (χ0) is 49.9. The summed E-state index contributed by atoms with van der Waals surface area (Å²) in [4.78, 5) is 20.6. The minimum atomic E-state index is -0.664. The third kappa shape index (κ3) is 25.5. The van der Waals surface area contributed by atoms with Crippen molar-refractivity contribution >= 4 is 11.9 Å². The average Bonchev–Trinajstić information content (AvgIpc) is 3.66. The molecule has 0 heterocycles. The number of aliphatic carboxylic acids is 2. The Kier molecular flexibility index (Phi) is 34.6. The Morgan fingerprint density at radius 1 is 0.574 bits per heavy atom. The fraction of sp³-hybridized carbons (Fsp3) is 0.873. The highest BCUT2D eigenvalue weighted by molar-refractivity contribution is 5.66. The van der Waals surface area contributed by atoms with Gasteiger partial charge in [-0.3, -0.25) is 9.59 Å². The van der Waals surface area contributed by atoms with Crippen molar-refractivity contribution in [2.24, 2.45) is 46.3 Å². The fourth-order valence-electron chi connectivity index (χ4n) is 13.4. The Morgan fingerprint density at radius 3 is 1.49 bits per heavy atom. The summed E-state index contributed by atoms with van der Waals surface area (Å²) in [5.41, 5.74) is 2.60. The SMILES string of the molecule is CC(C)CCC[C@@H](C)[C@H]1CC[C@H]2[C@@H]3CC=C4C[C@@H](O)CC[C@]4(C)[C@H]3CC[C@]12C.CCCCCCCC/C=C\CCCCCCCC(=O)O.CCCCCCCC/C=C\CCCCCCCC(=O)O. The van der Waals surface area contributed by atoms with Crippen LogP contribution in [0.5, 0.6) is 0 Å². The van der Waals surface area contributed by atoms with E-state index in [1.165, 1.54) is 199 Å². The van der Waals surface area contributed by atoms with Gasteiger partial charge in [0.1, 0.15) is 0 Å². The third-order valence-electron chi connectivity index (χ3n) is 17.6. The van der Waals surface area contributed by atoms with Gasteiger partial charge in [0.15, 0.2) is 0 Å². The molecule has 0 amide bonds. The minimum Gasteiger partial charge on any atom is -0.481 e. The van der Waals surface area contributed by atoms with Crippen LogP contribution in [-0.2, 0) is 9.59 Å². The summed E-state index contributed by atoms with van der Waals surface area (Å²) in [7, 11) is 0. The van der Waals surface area contributed by atoms with Gasteiger partial charge in [0.2, 0.25) is 0 Å². The Balaban J connectivity index is 0.000000360. The number of rotatable bonds is 35. The van der Waals surface area contributed by atoms with Gasteiger partial charge in [-0.25, -0.2) is 0 Å². The van der Waals surface area contributed by atoms with E-state index in [-0.39, 0.29) is 6.10 Å². The minimum absolute atomic E-state index is 0.0766. The molecule has 5 heteroatoms. The van der Waals surface area contributed by atoms with Crippen LogP contribution in [0.4, 0.5) is 0 Å². The number of aliphatic hydroxyl groups is 1. The summed E-state index contributed by atoms with van der Waals surface area (Å²) in [6.07, 6.45) is 59.6. The Labute approximate surface area is 422 Å². The van der Waals surface area contributed by atoms with Crippen molar-refractivity contribution in [1.82, 2.24) is 0 Å². The van der Waals surface area contributed by atoms with E-state index in [1.807, 2.05) is 0 Å². The molecule has 3 N–H and O–H groups in total.